The first kappa shape index (κ1) is 38.5. The lowest BCUT2D eigenvalue weighted by molar-refractivity contribution is 0.660. The third-order valence-corrected chi connectivity index (χ3v) is 13.6. The van der Waals surface area contributed by atoms with Crippen LogP contribution in [-0.2, 0) is 5.41 Å². The van der Waals surface area contributed by atoms with Crippen molar-refractivity contribution in [2.24, 2.45) is 0 Å². The van der Waals surface area contributed by atoms with Crippen LogP contribution in [0.25, 0.3) is 83.1 Å². The Morgan fingerprint density at radius 1 is 0.308 bits per heavy atom. The summed E-state index contributed by atoms with van der Waals surface area (Å²) >= 11 is 0. The highest BCUT2D eigenvalue weighted by Gasteiger charge is 2.35. The molecule has 11 aromatic rings. The van der Waals surface area contributed by atoms with Crippen LogP contribution in [0.1, 0.15) is 25.0 Å². The first-order chi connectivity index (χ1) is 32.0. The minimum Gasteiger partial charge on any atom is -0.311 e. The Morgan fingerprint density at radius 3 is 1.32 bits per heavy atom. The lowest BCUT2D eigenvalue weighted by Gasteiger charge is -2.26. The summed E-state index contributed by atoms with van der Waals surface area (Å²) in [6.07, 6.45) is 0. The molecule has 10 aromatic carbocycles. The van der Waals surface area contributed by atoms with Gasteiger partial charge in [0.25, 0.3) is 0 Å². The van der Waals surface area contributed by atoms with E-state index < -0.39 is 0 Å². The number of aromatic nitrogens is 1. The van der Waals surface area contributed by atoms with E-state index in [2.05, 4.69) is 266 Å². The molecule has 1 heterocycles. The Labute approximate surface area is 381 Å². The predicted octanol–water partition coefficient (Wildman–Crippen LogP) is 17.2. The fourth-order valence-corrected chi connectivity index (χ4v) is 10.2. The molecule has 2 heteroatoms. The largest absolute Gasteiger partial charge is 0.311 e. The van der Waals surface area contributed by atoms with E-state index in [1.807, 2.05) is 0 Å². The van der Waals surface area contributed by atoms with Crippen molar-refractivity contribution in [3.05, 3.63) is 254 Å². The Hall–Kier alpha value is -8.20. The molecule has 2 nitrogen and oxygen atoms in total. The molecule has 1 aromatic heterocycles. The SMILES string of the molecule is CC1(C)c2ccccc2-c2ccc(-c3ccc(N(c4ccc(-c5ccccc5)cc4)c4ccc(-c5ccc6c(c5)c5ccccc5n6-c5ccc(-c6ccccc6)cc5)cc4)cc3)cc21. The van der Waals surface area contributed by atoms with E-state index in [1.165, 1.54) is 88.6 Å². The standard InChI is InChI=1S/C63H46N2/c1-63(2)59-19-11-9-17-55(59)56-39-29-50(42-60(56)63)48-27-35-53(36-28-48)64(51-31-21-45(22-32-51)43-13-5-3-6-14-43)52-33-25-47(26-34-52)49-30-40-62-58(41-49)57-18-10-12-20-61(57)65(62)54-37-23-46(24-38-54)44-15-7-4-8-16-44/h3-42H,1-2H3. The Balaban J connectivity index is 0.891. The number of anilines is 3. The Kier molecular flexibility index (Phi) is 9.21. The summed E-state index contributed by atoms with van der Waals surface area (Å²) in [7, 11) is 0. The summed E-state index contributed by atoms with van der Waals surface area (Å²) in [5.74, 6) is 0. The topological polar surface area (TPSA) is 8.17 Å². The Morgan fingerprint density at radius 2 is 0.723 bits per heavy atom. The van der Waals surface area contributed by atoms with Crippen molar-refractivity contribution in [1.82, 2.24) is 4.57 Å². The third-order valence-electron chi connectivity index (χ3n) is 13.6. The van der Waals surface area contributed by atoms with E-state index in [0.29, 0.717) is 0 Å². The third kappa shape index (κ3) is 6.65. The molecule has 0 saturated carbocycles. The molecule has 1 aliphatic carbocycles. The molecule has 0 saturated heterocycles. The van der Waals surface area contributed by atoms with Crippen LogP contribution in [0.2, 0.25) is 0 Å². The maximum absolute atomic E-state index is 2.40. The van der Waals surface area contributed by atoms with Gasteiger partial charge in [-0.3, -0.25) is 0 Å². The first-order valence-corrected chi connectivity index (χ1v) is 22.6. The molecule has 0 amide bonds. The lowest BCUT2D eigenvalue weighted by Crippen LogP contribution is -2.14. The van der Waals surface area contributed by atoms with Gasteiger partial charge < -0.3 is 9.47 Å². The van der Waals surface area contributed by atoms with Crippen LogP contribution in [0, 0.1) is 0 Å². The molecule has 0 fully saturated rings. The van der Waals surface area contributed by atoms with Crippen molar-refractivity contribution in [1.29, 1.82) is 0 Å². The number of fused-ring (bicyclic) bond motifs is 6. The van der Waals surface area contributed by atoms with Gasteiger partial charge in [0.1, 0.15) is 0 Å². The summed E-state index contributed by atoms with van der Waals surface area (Å²) < 4.78 is 2.39. The zero-order valence-electron chi connectivity index (χ0n) is 36.5. The smallest absolute Gasteiger partial charge is 0.0541 e. The Bertz CT molecular complexity index is 3510. The second-order valence-corrected chi connectivity index (χ2v) is 17.8. The van der Waals surface area contributed by atoms with Crippen molar-refractivity contribution in [3.63, 3.8) is 0 Å². The van der Waals surface area contributed by atoms with Crippen molar-refractivity contribution >= 4 is 38.9 Å². The zero-order chi connectivity index (χ0) is 43.5. The lowest BCUT2D eigenvalue weighted by atomic mass is 9.81. The van der Waals surface area contributed by atoms with Crippen LogP contribution in [0.5, 0.6) is 0 Å². The van der Waals surface area contributed by atoms with E-state index in [1.54, 1.807) is 0 Å². The number of hydrogen-bond donors (Lipinski definition) is 0. The van der Waals surface area contributed by atoms with Crippen molar-refractivity contribution in [2.75, 3.05) is 4.90 Å². The van der Waals surface area contributed by atoms with Gasteiger partial charge in [-0.1, -0.05) is 184 Å². The van der Waals surface area contributed by atoms with Crippen LogP contribution in [0.15, 0.2) is 243 Å². The molecule has 0 unspecified atom stereocenters. The quantitative estimate of drug-likeness (QED) is 0.148. The highest BCUT2D eigenvalue weighted by molar-refractivity contribution is 6.10. The average Bonchev–Trinajstić information content (AvgIpc) is 3.82. The zero-order valence-corrected chi connectivity index (χ0v) is 36.5. The van der Waals surface area contributed by atoms with Crippen molar-refractivity contribution in [2.45, 2.75) is 19.3 Å². The summed E-state index contributed by atoms with van der Waals surface area (Å²) in [6.45, 7) is 4.70. The molecule has 0 spiro atoms. The molecule has 308 valence electrons. The van der Waals surface area contributed by atoms with Crippen LogP contribution in [-0.4, -0.2) is 4.57 Å². The number of hydrogen-bond acceptors (Lipinski definition) is 1. The summed E-state index contributed by atoms with van der Waals surface area (Å²) in [6, 6.07) is 88.7. The second-order valence-electron chi connectivity index (χ2n) is 17.8. The maximum Gasteiger partial charge on any atom is 0.0541 e. The van der Waals surface area contributed by atoms with Gasteiger partial charge in [-0.05, 0) is 140 Å². The van der Waals surface area contributed by atoms with Gasteiger partial charge in [0, 0.05) is 38.9 Å². The summed E-state index contributed by atoms with van der Waals surface area (Å²) in [4.78, 5) is 2.37. The van der Waals surface area contributed by atoms with E-state index in [0.717, 1.165) is 22.7 Å². The van der Waals surface area contributed by atoms with Gasteiger partial charge in [0.2, 0.25) is 0 Å². The maximum atomic E-state index is 2.40. The van der Waals surface area contributed by atoms with Crippen molar-refractivity contribution in [3.8, 4) is 61.3 Å². The van der Waals surface area contributed by atoms with Crippen molar-refractivity contribution < 1.29 is 0 Å². The van der Waals surface area contributed by atoms with E-state index in [-0.39, 0.29) is 5.41 Å². The fourth-order valence-electron chi connectivity index (χ4n) is 10.2. The van der Waals surface area contributed by atoms with E-state index >= 15 is 0 Å². The highest BCUT2D eigenvalue weighted by Crippen LogP contribution is 2.50. The van der Waals surface area contributed by atoms with E-state index in [9.17, 15) is 0 Å². The highest BCUT2D eigenvalue weighted by atomic mass is 15.1. The summed E-state index contributed by atoms with van der Waals surface area (Å²) in [5.41, 5.74) is 22.0. The van der Waals surface area contributed by atoms with Gasteiger partial charge in [-0.2, -0.15) is 0 Å². The van der Waals surface area contributed by atoms with Gasteiger partial charge in [-0.25, -0.2) is 0 Å². The number of para-hydroxylation sites is 1. The molecule has 0 N–H and O–H groups in total. The number of rotatable bonds is 8. The first-order valence-electron chi connectivity index (χ1n) is 22.6. The minimum atomic E-state index is -0.0444. The van der Waals surface area contributed by atoms with Gasteiger partial charge in [-0.15, -0.1) is 0 Å². The fraction of sp³-hybridized carbons (Fsp3) is 0.0476. The predicted molar refractivity (Wildman–Crippen MR) is 275 cm³/mol. The monoisotopic (exact) mass is 830 g/mol. The van der Waals surface area contributed by atoms with Gasteiger partial charge >= 0.3 is 0 Å². The van der Waals surface area contributed by atoms with Gasteiger partial charge in [0.05, 0.1) is 11.0 Å². The molecular formula is C63H46N2. The minimum absolute atomic E-state index is 0.0444. The van der Waals surface area contributed by atoms with E-state index in [4.69, 9.17) is 0 Å². The summed E-state index contributed by atoms with van der Waals surface area (Å²) in [5, 5.41) is 2.49. The molecule has 1 aliphatic rings. The normalized spacial score (nSPS) is 12.6. The molecule has 65 heavy (non-hydrogen) atoms. The van der Waals surface area contributed by atoms with Crippen LogP contribution >= 0.6 is 0 Å². The molecule has 0 atom stereocenters. The molecule has 0 bridgehead atoms. The molecule has 0 radical (unpaired) electrons. The average molecular weight is 831 g/mol. The second kappa shape index (κ2) is 15.6. The van der Waals surface area contributed by atoms with Crippen LogP contribution in [0.4, 0.5) is 17.1 Å². The number of nitrogens with zero attached hydrogens (tertiary/aromatic N) is 2. The van der Waals surface area contributed by atoms with Gasteiger partial charge in [0.15, 0.2) is 0 Å². The number of benzene rings is 10. The molecule has 12 rings (SSSR count). The van der Waals surface area contributed by atoms with Crippen LogP contribution < -0.4 is 4.90 Å². The molecular weight excluding hydrogens is 785 g/mol. The van der Waals surface area contributed by atoms with Crippen LogP contribution in [0.3, 0.4) is 0 Å². The molecule has 0 aliphatic heterocycles.